The fourth-order valence-electron chi connectivity index (χ4n) is 4.05. The normalized spacial score (nSPS) is 18.4. The molecule has 1 aromatic heterocycles. The third-order valence-electron chi connectivity index (χ3n) is 5.70. The van der Waals surface area contributed by atoms with Crippen LogP contribution in [0.2, 0.25) is 0 Å². The maximum atomic E-state index is 14.4. The molecule has 1 aliphatic heterocycles. The SMILES string of the molecule is CCNC(=NCC(c1cnn(C)c1)N(C)C)NC1CCCN(c2cc(C)ccc2F)C1. The van der Waals surface area contributed by atoms with Gasteiger partial charge >= 0.3 is 0 Å². The van der Waals surface area contributed by atoms with E-state index in [1.807, 2.05) is 43.2 Å². The average Bonchev–Trinajstić information content (AvgIpc) is 3.16. The molecule has 0 aliphatic carbocycles. The lowest BCUT2D eigenvalue weighted by molar-refractivity contribution is 0.306. The molecule has 8 heteroatoms. The van der Waals surface area contributed by atoms with Crippen molar-refractivity contribution in [3.05, 3.63) is 47.5 Å². The van der Waals surface area contributed by atoms with Crippen LogP contribution in [0.25, 0.3) is 0 Å². The molecule has 0 radical (unpaired) electrons. The summed E-state index contributed by atoms with van der Waals surface area (Å²) in [5.74, 6) is 0.645. The second-order valence-electron chi connectivity index (χ2n) is 8.53. The first kappa shape index (κ1) is 23.1. The van der Waals surface area contributed by atoms with Crippen LogP contribution in [0.5, 0.6) is 0 Å². The van der Waals surface area contributed by atoms with Gasteiger partial charge < -0.3 is 20.4 Å². The fourth-order valence-corrected chi connectivity index (χ4v) is 4.05. The van der Waals surface area contributed by atoms with Gasteiger partial charge in [-0.05, 0) is 58.5 Å². The number of likely N-dealkylation sites (N-methyl/N-ethyl adjacent to an activating group) is 1. The molecule has 31 heavy (non-hydrogen) atoms. The zero-order chi connectivity index (χ0) is 22.4. The summed E-state index contributed by atoms with van der Waals surface area (Å²) in [5.41, 5.74) is 2.91. The van der Waals surface area contributed by atoms with Crippen LogP contribution < -0.4 is 15.5 Å². The third kappa shape index (κ3) is 6.19. The zero-order valence-corrected chi connectivity index (χ0v) is 19.4. The molecule has 2 atom stereocenters. The molecule has 0 spiro atoms. The molecule has 2 aromatic rings. The number of aryl methyl sites for hydroxylation is 2. The Balaban J connectivity index is 1.69. The number of hydrogen-bond acceptors (Lipinski definition) is 4. The van der Waals surface area contributed by atoms with E-state index in [1.165, 1.54) is 0 Å². The van der Waals surface area contributed by atoms with E-state index in [0.717, 1.165) is 49.6 Å². The molecule has 3 rings (SSSR count). The summed E-state index contributed by atoms with van der Waals surface area (Å²) < 4.78 is 16.2. The molecule has 0 bridgehead atoms. The van der Waals surface area contributed by atoms with Crippen molar-refractivity contribution in [3.8, 4) is 0 Å². The zero-order valence-electron chi connectivity index (χ0n) is 19.4. The lowest BCUT2D eigenvalue weighted by Gasteiger charge is -2.35. The molecular formula is C23H36FN7. The molecule has 7 nitrogen and oxygen atoms in total. The highest BCUT2D eigenvalue weighted by molar-refractivity contribution is 5.80. The lowest BCUT2D eigenvalue weighted by Crippen LogP contribution is -2.51. The van der Waals surface area contributed by atoms with Crippen LogP contribution in [0.1, 0.15) is 36.9 Å². The molecular weight excluding hydrogens is 393 g/mol. The van der Waals surface area contributed by atoms with Crippen LogP contribution in [-0.2, 0) is 7.05 Å². The molecule has 1 saturated heterocycles. The molecule has 0 amide bonds. The minimum atomic E-state index is -0.155. The van der Waals surface area contributed by atoms with Gasteiger partial charge in [0.15, 0.2) is 5.96 Å². The number of rotatable bonds is 7. The third-order valence-corrected chi connectivity index (χ3v) is 5.70. The summed E-state index contributed by atoms with van der Waals surface area (Å²) in [6.45, 7) is 7.10. The summed E-state index contributed by atoms with van der Waals surface area (Å²) in [7, 11) is 6.04. The summed E-state index contributed by atoms with van der Waals surface area (Å²) in [4.78, 5) is 9.17. The first-order valence-corrected chi connectivity index (χ1v) is 11.1. The Morgan fingerprint density at radius 3 is 2.87 bits per heavy atom. The number of aromatic nitrogens is 2. The lowest BCUT2D eigenvalue weighted by atomic mass is 10.0. The molecule has 2 N–H and O–H groups in total. The summed E-state index contributed by atoms with van der Waals surface area (Å²) in [6, 6.07) is 5.67. The Labute approximate surface area is 185 Å². The number of guanidine groups is 1. The summed E-state index contributed by atoms with van der Waals surface area (Å²) in [5, 5.41) is 11.2. The van der Waals surface area contributed by atoms with Crippen LogP contribution in [0.3, 0.4) is 0 Å². The van der Waals surface area contributed by atoms with Crippen molar-refractivity contribution >= 4 is 11.6 Å². The Hall–Kier alpha value is -2.61. The largest absolute Gasteiger partial charge is 0.367 e. The molecule has 170 valence electrons. The molecule has 2 heterocycles. The summed E-state index contributed by atoms with van der Waals surface area (Å²) >= 11 is 0. The topological polar surface area (TPSA) is 60.7 Å². The van der Waals surface area contributed by atoms with Crippen LogP contribution in [0.4, 0.5) is 10.1 Å². The molecule has 1 aliphatic rings. The van der Waals surface area contributed by atoms with Gasteiger partial charge in [-0.3, -0.25) is 9.67 Å². The van der Waals surface area contributed by atoms with Gasteiger partial charge in [-0.15, -0.1) is 0 Å². The van der Waals surface area contributed by atoms with Crippen LogP contribution in [0.15, 0.2) is 35.6 Å². The van der Waals surface area contributed by atoms with Gasteiger partial charge in [0.2, 0.25) is 0 Å². The smallest absolute Gasteiger partial charge is 0.191 e. The van der Waals surface area contributed by atoms with Gasteiger partial charge in [0, 0.05) is 44.5 Å². The van der Waals surface area contributed by atoms with Gasteiger partial charge in [-0.25, -0.2) is 4.39 Å². The van der Waals surface area contributed by atoms with Crippen LogP contribution in [0, 0.1) is 12.7 Å². The van der Waals surface area contributed by atoms with Crippen molar-refractivity contribution in [3.63, 3.8) is 0 Å². The van der Waals surface area contributed by atoms with Crippen molar-refractivity contribution in [2.45, 2.75) is 38.8 Å². The number of piperidine rings is 1. The minimum Gasteiger partial charge on any atom is -0.367 e. The number of benzene rings is 1. The number of anilines is 1. The van der Waals surface area contributed by atoms with Crippen LogP contribution >= 0.6 is 0 Å². The number of hydrogen-bond donors (Lipinski definition) is 2. The monoisotopic (exact) mass is 429 g/mol. The number of nitrogens with one attached hydrogen (secondary N) is 2. The van der Waals surface area contributed by atoms with E-state index < -0.39 is 0 Å². The van der Waals surface area contributed by atoms with E-state index in [9.17, 15) is 4.39 Å². The van der Waals surface area contributed by atoms with Gasteiger partial charge in [-0.2, -0.15) is 5.10 Å². The maximum Gasteiger partial charge on any atom is 0.191 e. The molecule has 2 unspecified atom stereocenters. The Morgan fingerprint density at radius 1 is 1.39 bits per heavy atom. The molecule has 0 saturated carbocycles. The van der Waals surface area contributed by atoms with Gasteiger partial charge in [0.25, 0.3) is 0 Å². The van der Waals surface area contributed by atoms with Crippen molar-refractivity contribution in [1.29, 1.82) is 0 Å². The quantitative estimate of drug-likeness (QED) is 0.524. The predicted molar refractivity (Wildman–Crippen MR) is 125 cm³/mol. The van der Waals surface area contributed by atoms with Crippen molar-refractivity contribution in [2.75, 3.05) is 45.2 Å². The molecule has 1 aromatic carbocycles. The fraction of sp³-hybridized carbons (Fsp3) is 0.565. The second kappa shape index (κ2) is 10.6. The first-order chi connectivity index (χ1) is 14.9. The highest BCUT2D eigenvalue weighted by atomic mass is 19.1. The highest BCUT2D eigenvalue weighted by Gasteiger charge is 2.23. The van der Waals surface area contributed by atoms with Crippen molar-refractivity contribution in [1.82, 2.24) is 25.3 Å². The second-order valence-corrected chi connectivity index (χ2v) is 8.53. The van der Waals surface area contributed by atoms with Crippen LogP contribution in [-0.4, -0.2) is 67.0 Å². The standard InChI is InChI=1S/C23H36FN7/c1-6-25-23(26-14-22(29(3)4)18-13-27-30(5)15-18)28-19-8-7-11-31(16-19)21-12-17(2)9-10-20(21)24/h9-10,12-13,15,19,22H,6-8,11,14,16H2,1-5H3,(H2,25,26,28). The number of halogens is 1. The predicted octanol–water partition coefficient (Wildman–Crippen LogP) is 2.69. The number of aliphatic imine (C=N–C) groups is 1. The van der Waals surface area contributed by atoms with Crippen molar-refractivity contribution < 1.29 is 4.39 Å². The Bertz CT molecular complexity index is 877. The minimum absolute atomic E-state index is 0.147. The summed E-state index contributed by atoms with van der Waals surface area (Å²) in [6.07, 6.45) is 5.99. The Morgan fingerprint density at radius 2 is 2.19 bits per heavy atom. The number of nitrogens with zero attached hydrogens (tertiary/aromatic N) is 5. The van der Waals surface area contributed by atoms with E-state index in [2.05, 4.69) is 46.6 Å². The van der Waals surface area contributed by atoms with Gasteiger partial charge in [-0.1, -0.05) is 6.07 Å². The van der Waals surface area contributed by atoms with E-state index in [4.69, 9.17) is 4.99 Å². The highest BCUT2D eigenvalue weighted by Crippen LogP contribution is 2.24. The van der Waals surface area contributed by atoms with E-state index >= 15 is 0 Å². The first-order valence-electron chi connectivity index (χ1n) is 11.1. The maximum absolute atomic E-state index is 14.4. The van der Waals surface area contributed by atoms with E-state index in [1.54, 1.807) is 6.07 Å². The van der Waals surface area contributed by atoms with Gasteiger partial charge in [0.05, 0.1) is 24.5 Å². The van der Waals surface area contributed by atoms with Gasteiger partial charge in [0.1, 0.15) is 5.82 Å². The van der Waals surface area contributed by atoms with E-state index in [0.29, 0.717) is 12.2 Å². The Kier molecular flexibility index (Phi) is 7.90. The van der Waals surface area contributed by atoms with E-state index in [-0.39, 0.29) is 17.9 Å². The molecule has 1 fully saturated rings. The van der Waals surface area contributed by atoms with Crippen molar-refractivity contribution in [2.24, 2.45) is 12.0 Å². The average molecular weight is 430 g/mol.